The molecule has 2 saturated heterocycles. The Bertz CT molecular complexity index is 853. The van der Waals surface area contributed by atoms with Gasteiger partial charge >= 0.3 is 0 Å². The second kappa shape index (κ2) is 9.40. The summed E-state index contributed by atoms with van der Waals surface area (Å²) >= 11 is 0. The minimum Gasteiger partial charge on any atom is -0.393 e. The first kappa shape index (κ1) is 21.7. The molecule has 5 heteroatoms. The molecule has 1 aromatic rings. The van der Waals surface area contributed by atoms with Gasteiger partial charge in [0.05, 0.1) is 23.9 Å². The normalized spacial score (nSPS) is 30.2. The number of rotatable bonds is 4. The van der Waals surface area contributed by atoms with E-state index in [0.717, 1.165) is 31.5 Å². The number of carbonyl (C=O) groups is 1. The minimum atomic E-state index is -0.189. The number of nitrogens with one attached hydrogen (secondary N) is 1. The molecule has 0 aromatic heterocycles. The van der Waals surface area contributed by atoms with Gasteiger partial charge in [0, 0.05) is 25.3 Å². The zero-order valence-electron chi connectivity index (χ0n) is 19.2. The molecule has 32 heavy (non-hydrogen) atoms. The van der Waals surface area contributed by atoms with Crippen LogP contribution in [0.3, 0.4) is 0 Å². The second-order valence-electron chi connectivity index (χ2n) is 10.2. The maximum atomic E-state index is 13.3. The minimum absolute atomic E-state index is 0.122. The average molecular weight is 436 g/mol. The van der Waals surface area contributed by atoms with Crippen LogP contribution < -0.4 is 5.32 Å². The van der Waals surface area contributed by atoms with Crippen molar-refractivity contribution in [1.29, 1.82) is 0 Å². The van der Waals surface area contributed by atoms with Crippen LogP contribution in [0.4, 0.5) is 0 Å². The summed E-state index contributed by atoms with van der Waals surface area (Å²) < 4.78 is 0. The molecule has 4 atom stereocenters. The van der Waals surface area contributed by atoms with E-state index >= 15 is 0 Å². The Labute approximate surface area is 192 Å². The molecule has 0 radical (unpaired) electrons. The first-order valence-electron chi connectivity index (χ1n) is 12.6. The summed E-state index contributed by atoms with van der Waals surface area (Å²) in [5, 5.41) is 14.5. The number of nitrogens with zero attached hydrogens (tertiary/aromatic N) is 2. The van der Waals surface area contributed by atoms with Crippen LogP contribution in [-0.2, 0) is 4.79 Å². The van der Waals surface area contributed by atoms with Gasteiger partial charge in [-0.3, -0.25) is 10.1 Å². The zero-order chi connectivity index (χ0) is 22.1. The summed E-state index contributed by atoms with van der Waals surface area (Å²) in [6, 6.07) is 11.1. The summed E-state index contributed by atoms with van der Waals surface area (Å²) in [7, 11) is 0. The maximum absolute atomic E-state index is 13.3. The van der Waals surface area contributed by atoms with Crippen molar-refractivity contribution in [3.63, 3.8) is 0 Å². The van der Waals surface area contributed by atoms with E-state index in [4.69, 9.17) is 0 Å². The summed E-state index contributed by atoms with van der Waals surface area (Å²) in [5.41, 5.74) is 2.04. The Morgan fingerprint density at radius 3 is 2.44 bits per heavy atom. The third-order valence-corrected chi connectivity index (χ3v) is 8.13. The van der Waals surface area contributed by atoms with E-state index in [-0.39, 0.29) is 24.2 Å². The largest absolute Gasteiger partial charge is 0.393 e. The van der Waals surface area contributed by atoms with Gasteiger partial charge in [0.1, 0.15) is 0 Å². The number of aliphatic hydroxyl groups is 1. The fourth-order valence-electron chi connectivity index (χ4n) is 6.32. The number of carbonyl (C=O) groups excluding carboxylic acids is 1. The van der Waals surface area contributed by atoms with Crippen molar-refractivity contribution in [2.45, 2.75) is 76.2 Å². The number of hydrogen-bond donors (Lipinski definition) is 2. The molecule has 172 valence electrons. The van der Waals surface area contributed by atoms with Crippen molar-refractivity contribution in [2.24, 2.45) is 11.8 Å². The fraction of sp³-hybridized carbons (Fsp3) is 0.593. The van der Waals surface area contributed by atoms with Crippen LogP contribution in [0, 0.1) is 11.8 Å². The molecule has 5 rings (SSSR count). The Balaban J connectivity index is 1.23. The molecule has 1 saturated carbocycles. The van der Waals surface area contributed by atoms with Gasteiger partial charge in [0.2, 0.25) is 0 Å². The average Bonchev–Trinajstić information content (AvgIpc) is 3.19. The summed E-state index contributed by atoms with van der Waals surface area (Å²) in [4.78, 5) is 17.6. The van der Waals surface area contributed by atoms with Crippen LogP contribution in [0.1, 0.15) is 63.5 Å². The highest BCUT2D eigenvalue weighted by molar-refractivity contribution is 5.96. The van der Waals surface area contributed by atoms with Gasteiger partial charge < -0.3 is 14.9 Å². The highest BCUT2D eigenvalue weighted by Gasteiger charge is 2.39. The lowest BCUT2D eigenvalue weighted by Gasteiger charge is -2.38. The molecule has 2 N–H and O–H groups in total. The number of aliphatic hydroxyl groups excluding tert-OH is 1. The molecular formula is C27H37N3O2. The quantitative estimate of drug-likeness (QED) is 0.751. The summed E-state index contributed by atoms with van der Waals surface area (Å²) in [6.45, 7) is 3.71. The Morgan fingerprint density at radius 1 is 1.03 bits per heavy atom. The van der Waals surface area contributed by atoms with Crippen molar-refractivity contribution in [3.8, 4) is 0 Å². The van der Waals surface area contributed by atoms with Crippen molar-refractivity contribution in [2.75, 3.05) is 13.1 Å². The molecule has 4 unspecified atom stereocenters. The highest BCUT2D eigenvalue weighted by Crippen LogP contribution is 2.36. The number of fused-ring (bicyclic) bond motifs is 1. The number of piperidine rings is 1. The van der Waals surface area contributed by atoms with Crippen LogP contribution in [0.2, 0.25) is 0 Å². The third-order valence-electron chi connectivity index (χ3n) is 8.13. The van der Waals surface area contributed by atoms with Crippen LogP contribution in [0.15, 0.2) is 54.3 Å². The zero-order valence-corrected chi connectivity index (χ0v) is 19.2. The molecule has 5 nitrogen and oxygen atoms in total. The summed E-state index contributed by atoms with van der Waals surface area (Å²) in [5.74, 6) is 0.932. The third kappa shape index (κ3) is 4.25. The topological polar surface area (TPSA) is 55.8 Å². The lowest BCUT2D eigenvalue weighted by molar-refractivity contribution is -0.129. The van der Waals surface area contributed by atoms with E-state index in [1.807, 2.05) is 17.0 Å². The standard InChI is InChI=1S/C27H37N3O2/c1-19-25(20-8-4-2-5-9-20)30-18-23(12-13-24(30)28-19)27(32)29-16-14-22(15-17-29)26(31)21-10-6-3-7-11-21/h2,4-5,8-9,12-13,18-19,21-22,24-26,28,31H,3,6-7,10-11,14-17H2,1H3. The van der Waals surface area contributed by atoms with E-state index in [1.165, 1.54) is 37.7 Å². The van der Waals surface area contributed by atoms with Gasteiger partial charge in [-0.15, -0.1) is 0 Å². The molecule has 1 aromatic carbocycles. The lowest BCUT2D eigenvalue weighted by Crippen LogP contribution is -2.44. The molecule has 1 aliphatic carbocycles. The molecular weight excluding hydrogens is 398 g/mol. The fourth-order valence-corrected chi connectivity index (χ4v) is 6.32. The number of likely N-dealkylation sites (tertiary alicyclic amines) is 1. The number of hydrogen-bond acceptors (Lipinski definition) is 4. The Morgan fingerprint density at radius 2 is 1.72 bits per heavy atom. The van der Waals surface area contributed by atoms with Crippen molar-refractivity contribution < 1.29 is 9.90 Å². The molecule has 3 heterocycles. The summed E-state index contributed by atoms with van der Waals surface area (Å²) in [6.07, 6.45) is 14.1. The van der Waals surface area contributed by atoms with Crippen LogP contribution >= 0.6 is 0 Å². The van der Waals surface area contributed by atoms with E-state index in [0.29, 0.717) is 17.9 Å². The smallest absolute Gasteiger partial charge is 0.255 e. The first-order valence-corrected chi connectivity index (χ1v) is 12.6. The lowest BCUT2D eigenvalue weighted by atomic mass is 9.77. The molecule has 4 aliphatic rings. The second-order valence-corrected chi connectivity index (χ2v) is 10.2. The SMILES string of the molecule is CC1NC2C=CC(C(=O)N3CCC(C(O)C4CCCCC4)CC3)=CN2C1c1ccccc1. The van der Waals surface area contributed by atoms with Crippen LogP contribution in [0.25, 0.3) is 0 Å². The van der Waals surface area contributed by atoms with Crippen molar-refractivity contribution in [3.05, 3.63) is 59.8 Å². The van der Waals surface area contributed by atoms with Gasteiger partial charge in [-0.2, -0.15) is 0 Å². The molecule has 3 fully saturated rings. The predicted octanol–water partition coefficient (Wildman–Crippen LogP) is 3.98. The molecule has 1 amide bonds. The van der Waals surface area contributed by atoms with E-state index in [1.54, 1.807) is 0 Å². The Kier molecular flexibility index (Phi) is 6.38. The molecule has 3 aliphatic heterocycles. The number of amides is 1. The maximum Gasteiger partial charge on any atom is 0.255 e. The Hall–Kier alpha value is -2.11. The number of benzene rings is 1. The van der Waals surface area contributed by atoms with Gasteiger partial charge in [-0.25, -0.2) is 0 Å². The predicted molar refractivity (Wildman–Crippen MR) is 127 cm³/mol. The van der Waals surface area contributed by atoms with E-state index in [2.05, 4.69) is 53.7 Å². The first-order chi connectivity index (χ1) is 15.6. The highest BCUT2D eigenvalue weighted by atomic mass is 16.3. The van der Waals surface area contributed by atoms with E-state index in [9.17, 15) is 9.90 Å². The van der Waals surface area contributed by atoms with Crippen LogP contribution in [-0.4, -0.2) is 52.2 Å². The molecule has 0 bridgehead atoms. The van der Waals surface area contributed by atoms with E-state index < -0.39 is 0 Å². The van der Waals surface area contributed by atoms with Crippen molar-refractivity contribution in [1.82, 2.24) is 15.1 Å². The van der Waals surface area contributed by atoms with Crippen molar-refractivity contribution >= 4 is 5.91 Å². The van der Waals surface area contributed by atoms with Gasteiger partial charge in [0.25, 0.3) is 5.91 Å². The molecule has 0 spiro atoms. The van der Waals surface area contributed by atoms with Gasteiger partial charge in [0.15, 0.2) is 0 Å². The van der Waals surface area contributed by atoms with Gasteiger partial charge in [-0.1, -0.05) is 49.6 Å². The van der Waals surface area contributed by atoms with Gasteiger partial charge in [-0.05, 0) is 62.2 Å². The van der Waals surface area contributed by atoms with Crippen LogP contribution in [0.5, 0.6) is 0 Å². The monoisotopic (exact) mass is 435 g/mol.